The summed E-state index contributed by atoms with van der Waals surface area (Å²) in [5.74, 6) is 0.862. The number of hydrogen-bond donors (Lipinski definition) is 1. The van der Waals surface area contributed by atoms with Crippen LogP contribution < -0.4 is 5.32 Å². The molecule has 1 unspecified atom stereocenters. The first-order valence-electron chi connectivity index (χ1n) is 5.20. The van der Waals surface area contributed by atoms with Gasteiger partial charge in [0.2, 0.25) is 0 Å². The minimum atomic E-state index is -0.00410. The summed E-state index contributed by atoms with van der Waals surface area (Å²) in [6.45, 7) is 2.92. The molecule has 84 valence electrons. The lowest BCUT2D eigenvalue weighted by Crippen LogP contribution is -2.22. The molecule has 0 aliphatic heterocycles. The van der Waals surface area contributed by atoms with Gasteiger partial charge in [0.05, 0.1) is 16.4 Å². The molecule has 2 heterocycles. The van der Waals surface area contributed by atoms with Crippen LogP contribution in [0.4, 0.5) is 0 Å². The Hall–Kier alpha value is -1.13. The second-order valence-electron chi connectivity index (χ2n) is 3.38. The van der Waals surface area contributed by atoms with Crippen LogP contribution in [-0.4, -0.2) is 11.5 Å². The summed E-state index contributed by atoms with van der Waals surface area (Å²) in [6, 6.07) is 7.76. The van der Waals surface area contributed by atoms with Crippen molar-refractivity contribution in [3.05, 3.63) is 52.7 Å². The highest BCUT2D eigenvalue weighted by atomic mass is 79.9. The lowest BCUT2D eigenvalue weighted by atomic mass is 10.1. The van der Waals surface area contributed by atoms with E-state index in [1.807, 2.05) is 24.3 Å². The van der Waals surface area contributed by atoms with Crippen molar-refractivity contribution in [2.24, 2.45) is 0 Å². The van der Waals surface area contributed by atoms with Gasteiger partial charge in [-0.15, -0.1) is 0 Å². The van der Waals surface area contributed by atoms with Gasteiger partial charge in [0.25, 0.3) is 0 Å². The molecule has 0 saturated heterocycles. The molecule has 0 aliphatic carbocycles. The fourth-order valence-corrected chi connectivity index (χ4v) is 2.02. The van der Waals surface area contributed by atoms with Crippen molar-refractivity contribution < 1.29 is 4.42 Å². The molecule has 0 radical (unpaired) electrons. The van der Waals surface area contributed by atoms with Gasteiger partial charge < -0.3 is 9.73 Å². The number of hydrogen-bond acceptors (Lipinski definition) is 3. The highest BCUT2D eigenvalue weighted by Gasteiger charge is 2.19. The van der Waals surface area contributed by atoms with Gasteiger partial charge in [-0.3, -0.25) is 4.98 Å². The molecule has 16 heavy (non-hydrogen) atoms. The zero-order valence-corrected chi connectivity index (χ0v) is 10.6. The van der Waals surface area contributed by atoms with Gasteiger partial charge in [0.15, 0.2) is 0 Å². The van der Waals surface area contributed by atoms with Gasteiger partial charge in [-0.1, -0.05) is 13.0 Å². The molecule has 2 rings (SSSR count). The molecule has 0 amide bonds. The van der Waals surface area contributed by atoms with Crippen LogP contribution in [0.2, 0.25) is 0 Å². The maximum Gasteiger partial charge on any atom is 0.140 e. The van der Waals surface area contributed by atoms with E-state index < -0.39 is 0 Å². The van der Waals surface area contributed by atoms with Gasteiger partial charge in [-0.25, -0.2) is 0 Å². The molecule has 1 N–H and O–H groups in total. The molecule has 0 aromatic carbocycles. The standard InChI is InChI=1S/C12H13BrN2O/c1-2-14-11(10-5-3-4-7-15-10)12-9(13)6-8-16-12/h3-8,11,14H,2H2,1H3. The Bertz CT molecular complexity index is 441. The zero-order valence-electron chi connectivity index (χ0n) is 8.98. The monoisotopic (exact) mass is 280 g/mol. The number of nitrogens with zero attached hydrogens (tertiary/aromatic N) is 1. The van der Waals surface area contributed by atoms with Crippen molar-refractivity contribution in [2.75, 3.05) is 6.54 Å². The van der Waals surface area contributed by atoms with Crippen LogP contribution in [0.3, 0.4) is 0 Å². The van der Waals surface area contributed by atoms with Crippen molar-refractivity contribution >= 4 is 15.9 Å². The van der Waals surface area contributed by atoms with Crippen LogP contribution in [0.5, 0.6) is 0 Å². The Labute approximate surface area is 103 Å². The Kier molecular flexibility index (Phi) is 3.74. The average Bonchev–Trinajstić information content (AvgIpc) is 2.73. The lowest BCUT2D eigenvalue weighted by Gasteiger charge is -2.15. The normalized spacial score (nSPS) is 12.6. The molecule has 3 nitrogen and oxygen atoms in total. The van der Waals surface area contributed by atoms with E-state index in [2.05, 4.69) is 33.2 Å². The predicted octanol–water partition coefficient (Wildman–Crippen LogP) is 3.14. The maximum atomic E-state index is 5.48. The minimum Gasteiger partial charge on any atom is -0.466 e. The summed E-state index contributed by atoms with van der Waals surface area (Å²) in [5.41, 5.74) is 0.958. The highest BCUT2D eigenvalue weighted by Crippen LogP contribution is 2.28. The van der Waals surface area contributed by atoms with E-state index in [0.717, 1.165) is 22.5 Å². The molecular formula is C12H13BrN2O. The second-order valence-corrected chi connectivity index (χ2v) is 4.23. The Balaban J connectivity index is 2.35. The van der Waals surface area contributed by atoms with Crippen LogP contribution in [0, 0.1) is 0 Å². The second kappa shape index (κ2) is 5.27. The lowest BCUT2D eigenvalue weighted by molar-refractivity contribution is 0.445. The fourth-order valence-electron chi connectivity index (χ4n) is 1.59. The zero-order chi connectivity index (χ0) is 11.4. The third-order valence-corrected chi connectivity index (χ3v) is 2.95. The number of rotatable bonds is 4. The SMILES string of the molecule is CCNC(c1ccccn1)c1occc1Br. The first-order valence-corrected chi connectivity index (χ1v) is 5.99. The van der Waals surface area contributed by atoms with E-state index in [0.29, 0.717) is 0 Å². The van der Waals surface area contributed by atoms with Gasteiger partial charge in [0.1, 0.15) is 11.8 Å². The van der Waals surface area contributed by atoms with Crippen LogP contribution in [-0.2, 0) is 0 Å². The molecule has 0 saturated carbocycles. The topological polar surface area (TPSA) is 38.1 Å². The van der Waals surface area contributed by atoms with Crippen molar-refractivity contribution in [1.29, 1.82) is 0 Å². The van der Waals surface area contributed by atoms with Gasteiger partial charge in [0, 0.05) is 6.20 Å². The fraction of sp³-hybridized carbons (Fsp3) is 0.250. The first-order chi connectivity index (χ1) is 7.83. The van der Waals surface area contributed by atoms with E-state index in [1.165, 1.54) is 0 Å². The predicted molar refractivity (Wildman–Crippen MR) is 66.2 cm³/mol. The summed E-state index contributed by atoms with van der Waals surface area (Å²) in [4.78, 5) is 4.35. The highest BCUT2D eigenvalue weighted by molar-refractivity contribution is 9.10. The average molecular weight is 281 g/mol. The molecular weight excluding hydrogens is 268 g/mol. The van der Waals surface area contributed by atoms with E-state index in [4.69, 9.17) is 4.42 Å². The van der Waals surface area contributed by atoms with E-state index in [-0.39, 0.29) is 6.04 Å². The summed E-state index contributed by atoms with van der Waals surface area (Å²) in [6.07, 6.45) is 3.46. The Morgan fingerprint density at radius 1 is 1.44 bits per heavy atom. The van der Waals surface area contributed by atoms with Crippen LogP contribution >= 0.6 is 15.9 Å². The molecule has 0 aliphatic rings. The van der Waals surface area contributed by atoms with Gasteiger partial charge in [-0.2, -0.15) is 0 Å². The third-order valence-electron chi connectivity index (χ3n) is 2.30. The molecule has 2 aromatic rings. The van der Waals surface area contributed by atoms with E-state index in [1.54, 1.807) is 12.5 Å². The minimum absolute atomic E-state index is 0.00410. The van der Waals surface area contributed by atoms with Crippen LogP contribution in [0.15, 0.2) is 45.6 Å². The quantitative estimate of drug-likeness (QED) is 0.935. The van der Waals surface area contributed by atoms with E-state index in [9.17, 15) is 0 Å². The molecule has 4 heteroatoms. The number of aromatic nitrogens is 1. The van der Waals surface area contributed by atoms with Gasteiger partial charge >= 0.3 is 0 Å². The third kappa shape index (κ3) is 2.33. The number of pyridine rings is 1. The summed E-state index contributed by atoms with van der Waals surface area (Å²) in [7, 11) is 0. The summed E-state index contributed by atoms with van der Waals surface area (Å²) in [5, 5.41) is 3.36. The summed E-state index contributed by atoms with van der Waals surface area (Å²) < 4.78 is 6.45. The first kappa shape index (κ1) is 11.4. The Morgan fingerprint density at radius 2 is 2.31 bits per heavy atom. The number of furan rings is 1. The molecule has 0 spiro atoms. The van der Waals surface area contributed by atoms with Crippen molar-refractivity contribution in [3.63, 3.8) is 0 Å². The molecule has 2 aromatic heterocycles. The number of nitrogens with one attached hydrogen (secondary N) is 1. The van der Waals surface area contributed by atoms with Crippen molar-refractivity contribution in [2.45, 2.75) is 13.0 Å². The smallest absolute Gasteiger partial charge is 0.140 e. The number of halogens is 1. The molecule has 0 fully saturated rings. The Morgan fingerprint density at radius 3 is 2.88 bits per heavy atom. The van der Waals surface area contributed by atoms with Crippen LogP contribution in [0.25, 0.3) is 0 Å². The maximum absolute atomic E-state index is 5.48. The van der Waals surface area contributed by atoms with E-state index >= 15 is 0 Å². The van der Waals surface area contributed by atoms with Gasteiger partial charge in [-0.05, 0) is 40.7 Å². The summed E-state index contributed by atoms with van der Waals surface area (Å²) >= 11 is 3.47. The molecule has 0 bridgehead atoms. The largest absolute Gasteiger partial charge is 0.466 e. The van der Waals surface area contributed by atoms with Crippen molar-refractivity contribution in [1.82, 2.24) is 10.3 Å². The molecule has 1 atom stereocenters. The van der Waals surface area contributed by atoms with Crippen molar-refractivity contribution in [3.8, 4) is 0 Å². The van der Waals surface area contributed by atoms with Crippen LogP contribution in [0.1, 0.15) is 24.4 Å².